The lowest BCUT2D eigenvalue weighted by atomic mass is 10.1. The van der Waals surface area contributed by atoms with Gasteiger partial charge in [0.05, 0.1) is 17.0 Å². The van der Waals surface area contributed by atoms with Crippen LogP contribution in [0.4, 0.5) is 5.69 Å². The van der Waals surface area contributed by atoms with Gasteiger partial charge in [-0.15, -0.1) is 11.8 Å². The summed E-state index contributed by atoms with van der Waals surface area (Å²) < 4.78 is 10.2. The lowest BCUT2D eigenvalue weighted by Gasteiger charge is -2.11. The van der Waals surface area contributed by atoms with Gasteiger partial charge in [0.1, 0.15) is 0 Å². The minimum atomic E-state index is -0.630. The van der Waals surface area contributed by atoms with E-state index in [4.69, 9.17) is 9.26 Å². The number of aromatic nitrogens is 2. The molecule has 0 unspecified atom stereocenters. The number of carbonyl (C=O) groups is 3. The molecule has 0 radical (unpaired) electrons. The fourth-order valence-corrected chi connectivity index (χ4v) is 3.47. The van der Waals surface area contributed by atoms with Crippen LogP contribution in [0.15, 0.2) is 57.9 Å². The number of amides is 1. The molecule has 1 aromatic heterocycles. The van der Waals surface area contributed by atoms with Gasteiger partial charge in [0.25, 0.3) is 5.91 Å². The van der Waals surface area contributed by atoms with Crippen LogP contribution in [0.25, 0.3) is 0 Å². The molecule has 2 aromatic carbocycles. The quantitative estimate of drug-likeness (QED) is 0.331. The zero-order chi connectivity index (χ0) is 21.5. The van der Waals surface area contributed by atoms with Gasteiger partial charge in [0, 0.05) is 10.5 Å². The number of nitrogens with zero attached hydrogens (tertiary/aromatic N) is 2. The van der Waals surface area contributed by atoms with Crippen LogP contribution in [0.5, 0.6) is 0 Å². The van der Waals surface area contributed by atoms with Gasteiger partial charge in [-0.3, -0.25) is 9.59 Å². The van der Waals surface area contributed by atoms with Crippen molar-refractivity contribution in [3.8, 4) is 0 Å². The zero-order valence-corrected chi connectivity index (χ0v) is 17.2. The number of anilines is 1. The van der Waals surface area contributed by atoms with Crippen LogP contribution in [0.2, 0.25) is 0 Å². The molecule has 0 aliphatic carbocycles. The third-order valence-electron chi connectivity index (χ3n) is 3.94. The first kappa shape index (κ1) is 21.3. The average molecular weight is 425 g/mol. The molecule has 0 aliphatic rings. The van der Waals surface area contributed by atoms with Crippen LogP contribution in [-0.4, -0.2) is 34.4 Å². The number of ether oxygens (including phenoxy) is 1. The number of benzene rings is 2. The Morgan fingerprint density at radius 2 is 1.77 bits per heavy atom. The Balaban J connectivity index is 1.60. The highest BCUT2D eigenvalue weighted by Gasteiger charge is 2.16. The van der Waals surface area contributed by atoms with E-state index in [1.807, 2.05) is 0 Å². The van der Waals surface area contributed by atoms with E-state index in [2.05, 4.69) is 15.5 Å². The average Bonchev–Trinajstić information content (AvgIpc) is 3.16. The first-order chi connectivity index (χ1) is 14.4. The van der Waals surface area contributed by atoms with E-state index < -0.39 is 18.5 Å². The Morgan fingerprint density at radius 3 is 2.47 bits per heavy atom. The molecule has 0 aliphatic heterocycles. The molecule has 154 valence electrons. The maximum atomic E-state index is 12.5. The van der Waals surface area contributed by atoms with Gasteiger partial charge in [-0.1, -0.05) is 29.4 Å². The molecule has 30 heavy (non-hydrogen) atoms. The molecule has 3 aromatic rings. The summed E-state index contributed by atoms with van der Waals surface area (Å²) >= 11 is 1.35. The Morgan fingerprint density at radius 1 is 1.07 bits per heavy atom. The molecule has 0 saturated heterocycles. The van der Waals surface area contributed by atoms with Gasteiger partial charge in [-0.25, -0.2) is 4.79 Å². The number of para-hydroxylation sites is 1. The lowest BCUT2D eigenvalue weighted by Crippen LogP contribution is -2.22. The van der Waals surface area contributed by atoms with Gasteiger partial charge in [-0.05, 0) is 38.1 Å². The summed E-state index contributed by atoms with van der Waals surface area (Å²) in [5, 5.41) is 6.32. The first-order valence-corrected chi connectivity index (χ1v) is 10.0. The number of nitrogens with one attached hydrogen (secondary N) is 1. The summed E-state index contributed by atoms with van der Waals surface area (Å²) in [5.41, 5.74) is 1.09. The molecule has 1 amide bonds. The standard InChI is InChI=1S/C21H19N3O5S/c1-13(25)15-7-3-5-9-17(15)23-19(26)11-28-21(27)16-8-4-6-10-18(16)30-12-20-22-14(2)24-29-20/h3-10H,11-12H2,1-2H3,(H,23,26). The Labute approximate surface area is 177 Å². The van der Waals surface area contributed by atoms with Gasteiger partial charge in [-0.2, -0.15) is 4.98 Å². The second-order valence-corrected chi connectivity index (χ2v) is 7.26. The third kappa shape index (κ3) is 5.54. The number of thioether (sulfide) groups is 1. The third-order valence-corrected chi connectivity index (χ3v) is 5.00. The van der Waals surface area contributed by atoms with Crippen molar-refractivity contribution in [1.82, 2.24) is 10.1 Å². The maximum Gasteiger partial charge on any atom is 0.339 e. The minimum Gasteiger partial charge on any atom is -0.452 e. The number of Topliss-reactive ketones (excluding diaryl/α,β-unsaturated/α-hetero) is 1. The summed E-state index contributed by atoms with van der Waals surface area (Å²) in [6.07, 6.45) is 0. The van der Waals surface area contributed by atoms with E-state index in [1.54, 1.807) is 55.5 Å². The second-order valence-electron chi connectivity index (χ2n) is 6.25. The Hall–Kier alpha value is -3.46. The van der Waals surface area contributed by atoms with Crippen LogP contribution in [0.1, 0.15) is 39.4 Å². The van der Waals surface area contributed by atoms with E-state index >= 15 is 0 Å². The fraction of sp³-hybridized carbons (Fsp3) is 0.190. The number of esters is 1. The van der Waals surface area contributed by atoms with E-state index in [-0.39, 0.29) is 5.78 Å². The molecule has 0 atom stereocenters. The summed E-state index contributed by atoms with van der Waals surface area (Å²) in [6.45, 7) is 2.66. The number of rotatable bonds is 8. The van der Waals surface area contributed by atoms with Gasteiger partial charge >= 0.3 is 5.97 Å². The normalized spacial score (nSPS) is 10.5. The monoisotopic (exact) mass is 425 g/mol. The van der Waals surface area contributed by atoms with E-state index in [0.717, 1.165) is 0 Å². The highest BCUT2D eigenvalue weighted by molar-refractivity contribution is 7.98. The topological polar surface area (TPSA) is 111 Å². The van der Waals surface area contributed by atoms with Gasteiger partial charge < -0.3 is 14.6 Å². The number of ketones is 1. The molecule has 0 fully saturated rings. The van der Waals surface area contributed by atoms with Crippen molar-refractivity contribution in [3.05, 3.63) is 71.4 Å². The highest BCUT2D eigenvalue weighted by Crippen LogP contribution is 2.26. The smallest absolute Gasteiger partial charge is 0.339 e. The van der Waals surface area contributed by atoms with Crippen molar-refractivity contribution in [3.63, 3.8) is 0 Å². The molecular weight excluding hydrogens is 406 g/mol. The molecule has 1 N–H and O–H groups in total. The van der Waals surface area contributed by atoms with Crippen LogP contribution in [0.3, 0.4) is 0 Å². The molecule has 0 spiro atoms. The van der Waals surface area contributed by atoms with Crippen LogP contribution in [0, 0.1) is 6.92 Å². The molecular formula is C21H19N3O5S. The van der Waals surface area contributed by atoms with Crippen molar-refractivity contribution >= 4 is 35.1 Å². The van der Waals surface area contributed by atoms with Crippen molar-refractivity contribution in [1.29, 1.82) is 0 Å². The van der Waals surface area contributed by atoms with E-state index in [1.165, 1.54) is 18.7 Å². The van der Waals surface area contributed by atoms with E-state index in [0.29, 0.717) is 39.2 Å². The SMILES string of the molecule is CC(=O)c1ccccc1NC(=O)COC(=O)c1ccccc1SCc1nc(C)no1. The first-order valence-electron chi connectivity index (χ1n) is 9.02. The maximum absolute atomic E-state index is 12.5. The minimum absolute atomic E-state index is 0.176. The molecule has 3 rings (SSSR count). The highest BCUT2D eigenvalue weighted by atomic mass is 32.2. The molecule has 0 bridgehead atoms. The van der Waals surface area contributed by atoms with Crippen molar-refractivity contribution in [2.75, 3.05) is 11.9 Å². The molecule has 1 heterocycles. The van der Waals surface area contributed by atoms with Crippen LogP contribution < -0.4 is 5.32 Å². The summed E-state index contributed by atoms with van der Waals surface area (Å²) in [6, 6.07) is 13.5. The number of hydrogen-bond donors (Lipinski definition) is 1. The molecule has 0 saturated carbocycles. The van der Waals surface area contributed by atoms with Crippen molar-refractivity contribution in [2.45, 2.75) is 24.5 Å². The van der Waals surface area contributed by atoms with Gasteiger partial charge in [0.2, 0.25) is 5.89 Å². The Bertz CT molecular complexity index is 1080. The van der Waals surface area contributed by atoms with Crippen LogP contribution >= 0.6 is 11.8 Å². The summed E-state index contributed by atoms with van der Waals surface area (Å²) in [4.78, 5) is 41.1. The van der Waals surface area contributed by atoms with E-state index in [9.17, 15) is 14.4 Å². The second kappa shape index (κ2) is 9.84. The predicted octanol–water partition coefficient (Wildman–Crippen LogP) is 3.67. The molecule has 9 heteroatoms. The zero-order valence-electron chi connectivity index (χ0n) is 16.4. The number of aryl methyl sites for hydroxylation is 1. The molecule has 8 nitrogen and oxygen atoms in total. The van der Waals surface area contributed by atoms with Crippen molar-refractivity contribution < 1.29 is 23.6 Å². The number of carbonyl (C=O) groups excluding carboxylic acids is 3. The lowest BCUT2D eigenvalue weighted by molar-refractivity contribution is -0.119. The largest absolute Gasteiger partial charge is 0.452 e. The van der Waals surface area contributed by atoms with Crippen LogP contribution in [-0.2, 0) is 15.3 Å². The predicted molar refractivity (Wildman–Crippen MR) is 110 cm³/mol. The fourth-order valence-electron chi connectivity index (χ4n) is 2.59. The summed E-state index contributed by atoms with van der Waals surface area (Å²) in [5.74, 6) is 0.0384. The van der Waals surface area contributed by atoms with Gasteiger partial charge in [0.15, 0.2) is 18.2 Å². The summed E-state index contributed by atoms with van der Waals surface area (Å²) in [7, 11) is 0. The Kier molecular flexibility index (Phi) is 6.97. The van der Waals surface area contributed by atoms with Crippen molar-refractivity contribution in [2.24, 2.45) is 0 Å². The number of hydrogen-bond acceptors (Lipinski definition) is 8.